The first-order valence-electron chi connectivity index (χ1n) is 20.8. The number of methoxy groups -OCH3 is 1. The van der Waals surface area contributed by atoms with Crippen molar-refractivity contribution in [1.29, 1.82) is 0 Å². The lowest BCUT2D eigenvalue weighted by Gasteiger charge is -2.47. The second kappa shape index (κ2) is 19.1. The Bertz CT molecular complexity index is 1790. The third-order valence-electron chi connectivity index (χ3n) is 12.7. The van der Waals surface area contributed by atoms with Crippen LogP contribution >= 0.6 is 0 Å². The molecule has 1 N–H and O–H groups in total. The molecule has 59 heavy (non-hydrogen) atoms. The Kier molecular flexibility index (Phi) is 14.9. The highest BCUT2D eigenvalue weighted by Crippen LogP contribution is 2.44. The van der Waals surface area contributed by atoms with Gasteiger partial charge in [0.15, 0.2) is 17.7 Å². The number of aliphatic hydroxyl groups excluding tert-OH is 1. The number of cyclic esters (lactones) is 1. The van der Waals surface area contributed by atoms with Crippen molar-refractivity contribution in [2.45, 2.75) is 141 Å². The predicted molar refractivity (Wildman–Crippen MR) is 217 cm³/mol. The van der Waals surface area contributed by atoms with Gasteiger partial charge in [-0.2, -0.15) is 0 Å². The van der Waals surface area contributed by atoms with Gasteiger partial charge >= 0.3 is 12.1 Å². The number of ketones is 2. The minimum atomic E-state index is -1.60. The SMILES string of the molecule is C=C[C@]12OC(=O)N(CCCCn3cnc(-c4cncnc4)c3)[C@@H]1[C@@H](C)C(=O)[C@H](C)C[C@](C)(OC)[C@H](OC1O[C@H](C)C[C@H](N(C)C)[C@H]1O)[C@@H](C)C(=O)[C@@H](C)C(=O)O[C@@H]2CC. The number of imidazole rings is 1. The van der Waals surface area contributed by atoms with Crippen molar-refractivity contribution >= 4 is 23.6 Å². The van der Waals surface area contributed by atoms with Crippen LogP contribution in [0.5, 0.6) is 0 Å². The Morgan fingerprint density at radius 3 is 2.34 bits per heavy atom. The van der Waals surface area contributed by atoms with Gasteiger partial charge in [0, 0.05) is 68.1 Å². The summed E-state index contributed by atoms with van der Waals surface area (Å²) in [5, 5.41) is 11.5. The van der Waals surface area contributed by atoms with Gasteiger partial charge in [-0.25, -0.2) is 19.7 Å². The largest absolute Gasteiger partial charge is 0.457 e. The highest BCUT2D eigenvalue weighted by atomic mass is 16.7. The molecule has 2 aromatic rings. The Morgan fingerprint density at radius 1 is 1.03 bits per heavy atom. The summed E-state index contributed by atoms with van der Waals surface area (Å²) in [5.74, 6) is -5.23. The number of Topliss-reactive ketones (excluding diaryl/α,β-unsaturated/α-hetero) is 2. The smallest absolute Gasteiger partial charge is 0.411 e. The first-order chi connectivity index (χ1) is 27.9. The second-order valence-electron chi connectivity index (χ2n) is 17.1. The summed E-state index contributed by atoms with van der Waals surface area (Å²) in [6.07, 6.45) is 6.80. The number of fused-ring (bicyclic) bond motifs is 1. The zero-order valence-corrected chi connectivity index (χ0v) is 36.3. The summed E-state index contributed by atoms with van der Waals surface area (Å²) in [6.45, 7) is 17.1. The average molecular weight is 825 g/mol. The molecule has 3 aliphatic rings. The minimum absolute atomic E-state index is 0.102. The monoisotopic (exact) mass is 824 g/mol. The van der Waals surface area contributed by atoms with Crippen LogP contribution in [0.1, 0.15) is 80.6 Å². The van der Waals surface area contributed by atoms with E-state index in [1.165, 1.54) is 26.4 Å². The Morgan fingerprint density at radius 2 is 1.71 bits per heavy atom. The second-order valence-corrected chi connectivity index (χ2v) is 17.1. The maximum Gasteiger partial charge on any atom is 0.411 e. The third-order valence-corrected chi connectivity index (χ3v) is 12.7. The van der Waals surface area contributed by atoms with Gasteiger partial charge in [-0.05, 0) is 73.0 Å². The third kappa shape index (κ3) is 9.46. The van der Waals surface area contributed by atoms with E-state index in [0.717, 1.165) is 11.3 Å². The van der Waals surface area contributed by atoms with E-state index >= 15 is 0 Å². The van der Waals surface area contributed by atoms with Gasteiger partial charge in [-0.1, -0.05) is 34.3 Å². The molecule has 0 aliphatic carbocycles. The van der Waals surface area contributed by atoms with Crippen LogP contribution in [0.4, 0.5) is 4.79 Å². The van der Waals surface area contributed by atoms with Gasteiger partial charge in [0.2, 0.25) is 0 Å². The highest BCUT2D eigenvalue weighted by molar-refractivity contribution is 6.00. The lowest BCUT2D eigenvalue weighted by atomic mass is 9.72. The number of unbranched alkanes of at least 4 members (excludes halogenated alkanes) is 1. The number of likely N-dealkylation sites (N-methyl/N-ethyl adjacent to an activating group) is 1. The quantitative estimate of drug-likeness (QED) is 0.137. The number of nitrogens with zero attached hydrogens (tertiary/aromatic N) is 6. The molecule has 0 radical (unpaired) electrons. The van der Waals surface area contributed by atoms with Crippen LogP contribution in [0, 0.1) is 23.7 Å². The Hall–Kier alpha value is -4.09. The molecule has 0 aromatic carbocycles. The van der Waals surface area contributed by atoms with E-state index in [4.69, 9.17) is 23.7 Å². The fraction of sp³-hybridized carbons (Fsp3) is 0.698. The number of carbonyl (C=O) groups excluding carboxylic acids is 4. The topological polar surface area (TPSA) is 185 Å². The van der Waals surface area contributed by atoms with Crippen molar-refractivity contribution < 1.29 is 48.0 Å². The lowest BCUT2D eigenvalue weighted by Crippen LogP contribution is -2.60. The molecule has 2 aromatic heterocycles. The van der Waals surface area contributed by atoms with Crippen LogP contribution in [-0.2, 0) is 44.6 Å². The number of ether oxygens (including phenoxy) is 5. The molecule has 5 rings (SSSR count). The summed E-state index contributed by atoms with van der Waals surface area (Å²) in [4.78, 5) is 73.2. The van der Waals surface area contributed by atoms with Crippen LogP contribution in [0.3, 0.4) is 0 Å². The van der Waals surface area contributed by atoms with Gasteiger partial charge in [-0.3, -0.25) is 19.3 Å². The van der Waals surface area contributed by atoms with E-state index in [1.807, 2.05) is 36.7 Å². The first-order valence-corrected chi connectivity index (χ1v) is 20.8. The Balaban J connectivity index is 1.46. The van der Waals surface area contributed by atoms with Crippen molar-refractivity contribution in [3.05, 3.63) is 43.9 Å². The zero-order chi connectivity index (χ0) is 43.4. The number of carbonyl (C=O) groups is 4. The van der Waals surface area contributed by atoms with E-state index in [0.29, 0.717) is 25.8 Å². The van der Waals surface area contributed by atoms with E-state index in [1.54, 1.807) is 58.2 Å². The molecule has 0 spiro atoms. The van der Waals surface area contributed by atoms with Gasteiger partial charge in [0.1, 0.15) is 30.2 Å². The van der Waals surface area contributed by atoms with Gasteiger partial charge in [0.25, 0.3) is 0 Å². The molecule has 13 atom stereocenters. The van der Waals surface area contributed by atoms with E-state index < -0.39 is 83.4 Å². The van der Waals surface area contributed by atoms with E-state index in [-0.39, 0.29) is 37.3 Å². The van der Waals surface area contributed by atoms with Crippen molar-refractivity contribution in [1.82, 2.24) is 29.3 Å². The average Bonchev–Trinajstić information content (AvgIpc) is 3.82. The molecule has 1 amide bonds. The molecule has 3 aliphatic heterocycles. The molecule has 3 saturated heterocycles. The van der Waals surface area contributed by atoms with Gasteiger partial charge < -0.3 is 38.3 Å². The molecule has 16 nitrogen and oxygen atoms in total. The van der Waals surface area contributed by atoms with Crippen molar-refractivity contribution in [3.63, 3.8) is 0 Å². The highest BCUT2D eigenvalue weighted by Gasteiger charge is 2.61. The summed E-state index contributed by atoms with van der Waals surface area (Å²) in [7, 11) is 5.22. The van der Waals surface area contributed by atoms with Crippen molar-refractivity contribution in [2.75, 3.05) is 27.7 Å². The Labute approximate surface area is 348 Å². The van der Waals surface area contributed by atoms with Crippen LogP contribution in [0.25, 0.3) is 11.3 Å². The number of aromatic nitrogens is 4. The van der Waals surface area contributed by atoms with Crippen molar-refractivity contribution in [3.8, 4) is 11.3 Å². The van der Waals surface area contributed by atoms with Crippen LogP contribution in [-0.4, -0.2) is 140 Å². The number of amides is 1. The molecule has 3 fully saturated rings. The van der Waals surface area contributed by atoms with Crippen LogP contribution in [0.2, 0.25) is 0 Å². The zero-order valence-electron chi connectivity index (χ0n) is 36.3. The van der Waals surface area contributed by atoms with Crippen LogP contribution in [0.15, 0.2) is 43.9 Å². The molecular formula is C43H64N6O10. The predicted octanol–water partition coefficient (Wildman–Crippen LogP) is 4.49. The molecule has 0 bridgehead atoms. The fourth-order valence-corrected chi connectivity index (χ4v) is 9.32. The first kappa shape index (κ1) is 46.0. The molecule has 5 heterocycles. The maximum absolute atomic E-state index is 14.8. The minimum Gasteiger partial charge on any atom is -0.457 e. The molecule has 16 heteroatoms. The molecular weight excluding hydrogens is 761 g/mol. The van der Waals surface area contributed by atoms with Crippen molar-refractivity contribution in [2.24, 2.45) is 23.7 Å². The number of hydrogen-bond donors (Lipinski definition) is 1. The van der Waals surface area contributed by atoms with Gasteiger partial charge in [-0.15, -0.1) is 0 Å². The number of aryl methyl sites for hydroxylation is 1. The number of rotatable bonds is 12. The molecule has 326 valence electrons. The summed E-state index contributed by atoms with van der Waals surface area (Å²) >= 11 is 0. The summed E-state index contributed by atoms with van der Waals surface area (Å²) in [5.41, 5.74) is -1.35. The summed E-state index contributed by atoms with van der Waals surface area (Å²) in [6, 6.07) is -1.19. The fourth-order valence-electron chi connectivity index (χ4n) is 9.32. The standard InChI is InChI=1S/C43H64N6O10/c1-12-33-43(13-2)37(49(41(54)59-43)17-15-14-16-48-22-31(46-24-48)30-20-44-23-45-21-30)27(5)34(50)25(3)19-42(8,55-11)38(28(6)35(51)29(7)39(53)57-33)58-40-36(52)32(47(9)10)18-26(4)56-40/h13,20-29,32-33,36-38,40,52H,2,12,14-19H2,1,3-11H3/t25-,26-,27+,28+,29-,32+,33-,36-,37-,38-,40?,42+,43-/m1/s1. The number of esters is 1. The molecule has 0 saturated carbocycles. The van der Waals surface area contributed by atoms with Crippen LogP contribution < -0.4 is 0 Å². The van der Waals surface area contributed by atoms with Gasteiger partial charge in [0.05, 0.1) is 35.9 Å². The molecule has 1 unspecified atom stereocenters. The number of aliphatic hydroxyl groups is 1. The maximum atomic E-state index is 14.8. The van der Waals surface area contributed by atoms with E-state index in [9.17, 15) is 24.3 Å². The summed E-state index contributed by atoms with van der Waals surface area (Å²) < 4.78 is 33.2. The normalized spacial score (nSPS) is 36.2. The lowest BCUT2D eigenvalue weighted by molar-refractivity contribution is -0.295. The van der Waals surface area contributed by atoms with E-state index in [2.05, 4.69) is 21.5 Å². The number of hydrogen-bond acceptors (Lipinski definition) is 14.